The van der Waals surface area contributed by atoms with Crippen molar-refractivity contribution in [3.8, 4) is 0 Å². The topological polar surface area (TPSA) is 105 Å². The van der Waals surface area contributed by atoms with Crippen LogP contribution in [0.25, 0.3) is 6.08 Å². The van der Waals surface area contributed by atoms with Crippen LogP contribution >= 0.6 is 0 Å². The zero-order valence-corrected chi connectivity index (χ0v) is 19.6. The highest BCUT2D eigenvalue weighted by Crippen LogP contribution is 2.33. The van der Waals surface area contributed by atoms with E-state index >= 15 is 0 Å². The molecule has 0 atom stereocenters. The second-order valence-corrected chi connectivity index (χ2v) is 8.55. The summed E-state index contributed by atoms with van der Waals surface area (Å²) in [5, 5.41) is 4.98. The quantitative estimate of drug-likeness (QED) is 0.382. The number of alkyl halides is 4. The highest BCUT2D eigenvalue weighted by molar-refractivity contribution is 6.03. The van der Waals surface area contributed by atoms with Gasteiger partial charge in [-0.25, -0.2) is 8.78 Å². The lowest BCUT2D eigenvalue weighted by Gasteiger charge is -2.40. The van der Waals surface area contributed by atoms with Gasteiger partial charge in [0.25, 0.3) is 0 Å². The molecule has 37 heavy (non-hydrogen) atoms. The molecule has 1 heterocycles. The van der Waals surface area contributed by atoms with Gasteiger partial charge >= 0.3 is 6.18 Å². The molecule has 1 aliphatic rings. The number of amides is 3. The molecule has 0 spiro atoms. The highest BCUT2D eigenvalue weighted by atomic mass is 19.4. The van der Waals surface area contributed by atoms with Crippen LogP contribution in [0.15, 0.2) is 48.5 Å². The number of hydrogen-bond acceptors (Lipinski definition) is 4. The first-order chi connectivity index (χ1) is 17.5. The molecule has 0 unspecified atom stereocenters. The molecule has 0 aliphatic carbocycles. The fraction of sp³-hybridized carbons (Fsp3) is 0.320. The van der Waals surface area contributed by atoms with E-state index in [4.69, 9.17) is 5.73 Å². The summed E-state index contributed by atoms with van der Waals surface area (Å²) >= 11 is 0. The van der Waals surface area contributed by atoms with Crippen molar-refractivity contribution in [2.45, 2.75) is 31.2 Å². The first-order valence-electron chi connectivity index (χ1n) is 11.3. The number of nitrogens with one attached hydrogen (secondary N) is 2. The first kappa shape index (κ1) is 27.8. The van der Waals surface area contributed by atoms with Gasteiger partial charge in [-0.1, -0.05) is 12.1 Å². The lowest BCUT2D eigenvalue weighted by atomic mass is 9.85. The molecule has 0 saturated carbocycles. The molecule has 4 N–H and O–H groups in total. The normalized spacial score (nSPS) is 15.5. The zero-order valence-electron chi connectivity index (χ0n) is 19.6. The molecule has 2 aromatic rings. The Morgan fingerprint density at radius 2 is 1.70 bits per heavy atom. The number of benzene rings is 2. The Kier molecular flexibility index (Phi) is 8.64. The van der Waals surface area contributed by atoms with Crippen LogP contribution in [0.5, 0.6) is 0 Å². The van der Waals surface area contributed by atoms with Gasteiger partial charge in [0.2, 0.25) is 17.7 Å². The average Bonchev–Trinajstić information content (AvgIpc) is 2.87. The standard InChI is InChI=1S/C25H25F5N4O3/c26-14-17-11-18(25(28,29)30)13-20(12-17)32-23(37)24(7-9-34(10-8-24)22(36)15-31)33-21(35)6-3-16-1-4-19(27)5-2-16/h1-6,11-13H,7-10,14-15,31H2,(H,32,37)(H,33,35)/b6-3+. The number of nitrogens with two attached hydrogens (primary N) is 1. The molecular weight excluding hydrogens is 499 g/mol. The maximum absolute atomic E-state index is 13.3. The molecule has 12 heteroatoms. The molecule has 0 radical (unpaired) electrons. The Morgan fingerprint density at radius 1 is 1.05 bits per heavy atom. The predicted molar refractivity (Wildman–Crippen MR) is 126 cm³/mol. The maximum atomic E-state index is 13.3. The summed E-state index contributed by atoms with van der Waals surface area (Å²) in [5.41, 5.74) is 2.62. The average molecular weight is 524 g/mol. The van der Waals surface area contributed by atoms with Crippen LogP contribution in [0.1, 0.15) is 29.5 Å². The number of halogens is 5. The molecule has 0 bridgehead atoms. The SMILES string of the molecule is NCC(=O)N1CCC(NC(=O)/C=C/c2ccc(F)cc2)(C(=O)Nc2cc(CF)cc(C(F)(F)F)c2)CC1. The second kappa shape index (κ2) is 11.5. The van der Waals surface area contributed by atoms with E-state index in [0.29, 0.717) is 17.7 Å². The van der Waals surface area contributed by atoms with Crippen LogP contribution in [0.2, 0.25) is 0 Å². The van der Waals surface area contributed by atoms with Crippen molar-refractivity contribution < 1.29 is 36.3 Å². The van der Waals surface area contributed by atoms with E-state index in [-0.39, 0.29) is 49.6 Å². The lowest BCUT2D eigenvalue weighted by molar-refractivity contribution is -0.137. The third-order valence-electron chi connectivity index (χ3n) is 5.97. The lowest BCUT2D eigenvalue weighted by Crippen LogP contribution is -2.62. The summed E-state index contributed by atoms with van der Waals surface area (Å²) in [4.78, 5) is 39.5. The molecule has 198 valence electrons. The summed E-state index contributed by atoms with van der Waals surface area (Å²) in [7, 11) is 0. The van der Waals surface area contributed by atoms with Crippen LogP contribution in [-0.4, -0.2) is 47.8 Å². The van der Waals surface area contributed by atoms with Crippen molar-refractivity contribution in [3.05, 3.63) is 71.0 Å². The minimum Gasteiger partial charge on any atom is -0.341 e. The van der Waals surface area contributed by atoms with E-state index in [1.807, 2.05) is 0 Å². The van der Waals surface area contributed by atoms with Gasteiger partial charge in [0, 0.05) is 24.9 Å². The maximum Gasteiger partial charge on any atom is 0.416 e. The van der Waals surface area contributed by atoms with E-state index in [9.17, 15) is 36.3 Å². The van der Waals surface area contributed by atoms with Crippen LogP contribution in [0, 0.1) is 5.82 Å². The number of carbonyl (C=O) groups excluding carboxylic acids is 3. The Morgan fingerprint density at radius 3 is 2.27 bits per heavy atom. The molecule has 2 aromatic carbocycles. The van der Waals surface area contributed by atoms with Gasteiger partial charge in [-0.3, -0.25) is 14.4 Å². The molecule has 1 saturated heterocycles. The number of piperidine rings is 1. The van der Waals surface area contributed by atoms with Crippen molar-refractivity contribution >= 4 is 29.5 Å². The summed E-state index contributed by atoms with van der Waals surface area (Å²) in [6.07, 6.45) is -2.33. The Balaban J connectivity index is 1.85. The molecular formula is C25H25F5N4O3. The molecule has 3 rings (SSSR count). The fourth-order valence-corrected chi connectivity index (χ4v) is 3.95. The first-order valence-corrected chi connectivity index (χ1v) is 11.3. The molecule has 7 nitrogen and oxygen atoms in total. The van der Waals surface area contributed by atoms with Gasteiger partial charge in [-0.15, -0.1) is 0 Å². The van der Waals surface area contributed by atoms with Gasteiger partial charge in [-0.2, -0.15) is 13.2 Å². The number of rotatable bonds is 7. The predicted octanol–water partition coefficient (Wildman–Crippen LogP) is 3.40. The van der Waals surface area contributed by atoms with Gasteiger partial charge in [0.15, 0.2) is 0 Å². The van der Waals surface area contributed by atoms with E-state index in [2.05, 4.69) is 10.6 Å². The summed E-state index contributed by atoms with van der Waals surface area (Å²) in [5.74, 6) is -2.32. The molecule has 3 amide bonds. The summed E-state index contributed by atoms with van der Waals surface area (Å²) in [6, 6.07) is 7.68. The molecule has 0 aromatic heterocycles. The number of nitrogens with zero attached hydrogens (tertiary/aromatic N) is 1. The van der Waals surface area contributed by atoms with E-state index in [0.717, 1.165) is 12.1 Å². The molecule has 1 fully saturated rings. The van der Waals surface area contributed by atoms with E-state index in [1.54, 1.807) is 0 Å². The molecule has 1 aliphatic heterocycles. The second-order valence-electron chi connectivity index (χ2n) is 8.55. The number of hydrogen-bond donors (Lipinski definition) is 3. The van der Waals surface area contributed by atoms with Crippen LogP contribution in [0.4, 0.5) is 27.6 Å². The van der Waals surface area contributed by atoms with E-state index in [1.165, 1.54) is 35.2 Å². The van der Waals surface area contributed by atoms with Crippen molar-refractivity contribution in [3.63, 3.8) is 0 Å². The Hall–Kier alpha value is -3.80. The van der Waals surface area contributed by atoms with Gasteiger partial charge in [-0.05, 0) is 60.4 Å². The minimum absolute atomic E-state index is 0.0460. The Bertz CT molecular complexity index is 1170. The summed E-state index contributed by atoms with van der Waals surface area (Å²) < 4.78 is 66.1. The van der Waals surface area contributed by atoms with Crippen molar-refractivity contribution in [2.24, 2.45) is 5.73 Å². The summed E-state index contributed by atoms with van der Waals surface area (Å²) in [6.45, 7) is -1.31. The number of likely N-dealkylation sites (tertiary alicyclic amines) is 1. The third-order valence-corrected chi connectivity index (χ3v) is 5.97. The van der Waals surface area contributed by atoms with E-state index < -0.39 is 41.6 Å². The Labute approximate surface area is 209 Å². The fourth-order valence-electron chi connectivity index (χ4n) is 3.95. The highest BCUT2D eigenvalue weighted by Gasteiger charge is 2.43. The van der Waals surface area contributed by atoms with Gasteiger partial charge in [0.05, 0.1) is 12.1 Å². The monoisotopic (exact) mass is 524 g/mol. The van der Waals surface area contributed by atoms with Crippen LogP contribution in [0.3, 0.4) is 0 Å². The minimum atomic E-state index is -4.77. The number of anilines is 1. The largest absolute Gasteiger partial charge is 0.416 e. The van der Waals surface area contributed by atoms with Gasteiger partial charge in [0.1, 0.15) is 18.0 Å². The van der Waals surface area contributed by atoms with Crippen LogP contribution < -0.4 is 16.4 Å². The van der Waals surface area contributed by atoms with Crippen LogP contribution in [-0.2, 0) is 27.2 Å². The van der Waals surface area contributed by atoms with Crippen molar-refractivity contribution in [2.75, 3.05) is 25.0 Å². The van der Waals surface area contributed by atoms with Crippen molar-refractivity contribution in [1.82, 2.24) is 10.2 Å². The number of carbonyl (C=O) groups is 3. The zero-order chi connectivity index (χ0) is 27.2. The van der Waals surface area contributed by atoms with Gasteiger partial charge < -0.3 is 21.3 Å². The smallest absolute Gasteiger partial charge is 0.341 e. The third kappa shape index (κ3) is 7.13. The van der Waals surface area contributed by atoms with Crippen molar-refractivity contribution in [1.29, 1.82) is 0 Å².